The van der Waals surface area contributed by atoms with Crippen LogP contribution < -0.4 is 5.32 Å². The fraction of sp³-hybridized carbons (Fsp3) is 0.562. The third kappa shape index (κ3) is 5.24. The zero-order valence-electron chi connectivity index (χ0n) is 14.7. The van der Waals surface area contributed by atoms with Gasteiger partial charge >= 0.3 is 0 Å². The lowest BCUT2D eigenvalue weighted by Crippen LogP contribution is -2.13. The Labute approximate surface area is 150 Å². The van der Waals surface area contributed by atoms with Crippen LogP contribution in [-0.2, 0) is 17.6 Å². The standard InChI is InChI=1S/C16H23N5OS2/c1-9(2)8-14-20-21-16(24-14)19-13(22)7-6-12-10(3)17-15(23-5)18-11(12)4/h9H,6-8H2,1-5H3,(H,19,21,22). The number of hydrogen-bond donors (Lipinski definition) is 1. The Morgan fingerprint density at radius 2 is 1.88 bits per heavy atom. The van der Waals surface area contributed by atoms with Crippen LogP contribution in [0.2, 0.25) is 0 Å². The van der Waals surface area contributed by atoms with Crippen LogP contribution in [0.1, 0.15) is 42.2 Å². The van der Waals surface area contributed by atoms with Gasteiger partial charge in [-0.1, -0.05) is 36.9 Å². The van der Waals surface area contributed by atoms with Gasteiger partial charge in [0.15, 0.2) is 5.16 Å². The van der Waals surface area contributed by atoms with E-state index in [1.54, 1.807) is 0 Å². The van der Waals surface area contributed by atoms with Crippen LogP contribution in [0.15, 0.2) is 5.16 Å². The number of rotatable bonds is 7. The van der Waals surface area contributed by atoms with Gasteiger partial charge in [0.25, 0.3) is 0 Å². The van der Waals surface area contributed by atoms with Crippen LogP contribution in [-0.4, -0.2) is 32.3 Å². The molecule has 0 radical (unpaired) electrons. The molecular formula is C16H23N5OS2. The molecule has 0 atom stereocenters. The van der Waals surface area contributed by atoms with Crippen molar-refractivity contribution in [2.24, 2.45) is 5.92 Å². The minimum atomic E-state index is -0.0602. The van der Waals surface area contributed by atoms with Gasteiger partial charge in [-0.2, -0.15) is 0 Å². The predicted molar refractivity (Wildman–Crippen MR) is 98.7 cm³/mol. The van der Waals surface area contributed by atoms with Crippen LogP contribution in [0.4, 0.5) is 5.13 Å². The Hall–Kier alpha value is -1.54. The Balaban J connectivity index is 1.93. The largest absolute Gasteiger partial charge is 0.301 e. The second-order valence-corrected chi connectivity index (χ2v) is 7.84. The second-order valence-electron chi connectivity index (χ2n) is 6.01. The average Bonchev–Trinajstić information content (AvgIpc) is 2.92. The zero-order chi connectivity index (χ0) is 17.7. The molecule has 6 nitrogen and oxygen atoms in total. The van der Waals surface area contributed by atoms with E-state index in [9.17, 15) is 4.79 Å². The van der Waals surface area contributed by atoms with Crippen molar-refractivity contribution < 1.29 is 4.79 Å². The Morgan fingerprint density at radius 3 is 2.46 bits per heavy atom. The molecule has 0 aromatic carbocycles. The number of aromatic nitrogens is 4. The van der Waals surface area contributed by atoms with Crippen LogP contribution >= 0.6 is 23.1 Å². The molecule has 8 heteroatoms. The normalized spacial score (nSPS) is 11.1. The summed E-state index contributed by atoms with van der Waals surface area (Å²) < 4.78 is 0. The quantitative estimate of drug-likeness (QED) is 0.598. The predicted octanol–water partition coefficient (Wildman–Crippen LogP) is 3.44. The van der Waals surface area contributed by atoms with E-state index in [0.717, 1.165) is 33.5 Å². The van der Waals surface area contributed by atoms with Gasteiger partial charge in [-0.3, -0.25) is 4.79 Å². The summed E-state index contributed by atoms with van der Waals surface area (Å²) in [6.07, 6.45) is 3.83. The van der Waals surface area contributed by atoms with Crippen molar-refractivity contribution in [3.05, 3.63) is 22.0 Å². The number of thioether (sulfide) groups is 1. The highest BCUT2D eigenvalue weighted by molar-refractivity contribution is 7.98. The summed E-state index contributed by atoms with van der Waals surface area (Å²) in [7, 11) is 0. The monoisotopic (exact) mass is 365 g/mol. The number of aryl methyl sites for hydroxylation is 2. The Bertz CT molecular complexity index is 691. The molecule has 2 rings (SSSR count). The van der Waals surface area contributed by atoms with Gasteiger partial charge in [-0.15, -0.1) is 10.2 Å². The minimum Gasteiger partial charge on any atom is -0.301 e. The maximum absolute atomic E-state index is 12.1. The SMILES string of the molecule is CSc1nc(C)c(CCC(=O)Nc2nnc(CC(C)C)s2)c(C)n1. The Kier molecular flexibility index (Phi) is 6.68. The molecule has 0 saturated heterocycles. The molecule has 1 N–H and O–H groups in total. The highest BCUT2D eigenvalue weighted by Gasteiger charge is 2.13. The maximum atomic E-state index is 12.1. The minimum absolute atomic E-state index is 0.0602. The average molecular weight is 366 g/mol. The number of carbonyl (C=O) groups excluding carboxylic acids is 1. The fourth-order valence-corrected chi connectivity index (χ4v) is 3.74. The highest BCUT2D eigenvalue weighted by atomic mass is 32.2. The van der Waals surface area contributed by atoms with Crippen LogP contribution in [0.3, 0.4) is 0 Å². The van der Waals surface area contributed by atoms with Gasteiger partial charge in [0.2, 0.25) is 11.0 Å². The van der Waals surface area contributed by atoms with E-state index in [2.05, 4.69) is 39.3 Å². The number of anilines is 1. The zero-order valence-corrected chi connectivity index (χ0v) is 16.3. The first kappa shape index (κ1) is 18.8. The van der Waals surface area contributed by atoms with Crippen molar-refractivity contribution in [1.82, 2.24) is 20.2 Å². The molecule has 24 heavy (non-hydrogen) atoms. The number of amides is 1. The van der Waals surface area contributed by atoms with Crippen molar-refractivity contribution in [1.29, 1.82) is 0 Å². The molecule has 0 fully saturated rings. The first-order valence-electron chi connectivity index (χ1n) is 7.89. The summed E-state index contributed by atoms with van der Waals surface area (Å²) in [6.45, 7) is 8.19. The fourth-order valence-electron chi connectivity index (χ4n) is 2.32. The maximum Gasteiger partial charge on any atom is 0.226 e. The summed E-state index contributed by atoms with van der Waals surface area (Å²) in [5, 5.41) is 13.3. The molecule has 0 spiro atoms. The summed E-state index contributed by atoms with van der Waals surface area (Å²) >= 11 is 2.96. The molecule has 0 unspecified atom stereocenters. The molecule has 130 valence electrons. The number of hydrogen-bond acceptors (Lipinski definition) is 7. The Morgan fingerprint density at radius 1 is 1.21 bits per heavy atom. The van der Waals surface area contributed by atoms with Crippen molar-refractivity contribution >= 4 is 34.1 Å². The molecule has 0 saturated carbocycles. The number of nitrogens with one attached hydrogen (secondary N) is 1. The lowest BCUT2D eigenvalue weighted by molar-refractivity contribution is -0.116. The molecule has 0 aliphatic rings. The van der Waals surface area contributed by atoms with Gasteiger partial charge in [0, 0.05) is 24.2 Å². The molecule has 2 aromatic heterocycles. The van der Waals surface area contributed by atoms with Crippen molar-refractivity contribution in [2.45, 2.75) is 52.1 Å². The topological polar surface area (TPSA) is 80.7 Å². The number of carbonyl (C=O) groups is 1. The smallest absolute Gasteiger partial charge is 0.226 e. The molecule has 0 aliphatic heterocycles. The summed E-state index contributed by atoms with van der Waals surface area (Å²) in [5.74, 6) is 0.465. The molecule has 0 aliphatic carbocycles. The molecule has 2 aromatic rings. The van der Waals surface area contributed by atoms with Gasteiger partial charge in [-0.25, -0.2) is 9.97 Å². The van der Waals surface area contributed by atoms with Crippen molar-refractivity contribution in [2.75, 3.05) is 11.6 Å². The van der Waals surface area contributed by atoms with E-state index in [4.69, 9.17) is 0 Å². The third-order valence-corrected chi connectivity index (χ3v) is 4.89. The molecule has 2 heterocycles. The van der Waals surface area contributed by atoms with E-state index < -0.39 is 0 Å². The van der Waals surface area contributed by atoms with Crippen LogP contribution in [0.25, 0.3) is 0 Å². The van der Waals surface area contributed by atoms with E-state index in [1.165, 1.54) is 23.1 Å². The molecular weight excluding hydrogens is 342 g/mol. The van der Waals surface area contributed by atoms with Crippen molar-refractivity contribution in [3.63, 3.8) is 0 Å². The molecule has 0 bridgehead atoms. The summed E-state index contributed by atoms with van der Waals surface area (Å²) in [6, 6.07) is 0. The van der Waals surface area contributed by atoms with Gasteiger partial charge in [0.05, 0.1) is 0 Å². The van der Waals surface area contributed by atoms with E-state index >= 15 is 0 Å². The first-order valence-corrected chi connectivity index (χ1v) is 9.93. The van der Waals surface area contributed by atoms with Crippen LogP contribution in [0.5, 0.6) is 0 Å². The molecule has 1 amide bonds. The van der Waals surface area contributed by atoms with E-state index in [1.807, 2.05) is 20.1 Å². The van der Waals surface area contributed by atoms with Crippen LogP contribution in [0, 0.1) is 19.8 Å². The summed E-state index contributed by atoms with van der Waals surface area (Å²) in [5.41, 5.74) is 2.92. The third-order valence-electron chi connectivity index (χ3n) is 3.48. The van der Waals surface area contributed by atoms with Gasteiger partial charge in [0.1, 0.15) is 5.01 Å². The first-order chi connectivity index (χ1) is 11.4. The van der Waals surface area contributed by atoms with Gasteiger partial charge in [-0.05, 0) is 38.0 Å². The number of nitrogens with zero attached hydrogens (tertiary/aromatic N) is 4. The van der Waals surface area contributed by atoms with Crippen molar-refractivity contribution in [3.8, 4) is 0 Å². The lowest BCUT2D eigenvalue weighted by Gasteiger charge is -2.09. The highest BCUT2D eigenvalue weighted by Crippen LogP contribution is 2.20. The summed E-state index contributed by atoms with van der Waals surface area (Å²) in [4.78, 5) is 21.0. The van der Waals surface area contributed by atoms with E-state index in [-0.39, 0.29) is 5.91 Å². The van der Waals surface area contributed by atoms with Gasteiger partial charge < -0.3 is 5.32 Å². The van der Waals surface area contributed by atoms with E-state index in [0.29, 0.717) is 23.9 Å². The second kappa shape index (κ2) is 8.53. The lowest BCUT2D eigenvalue weighted by atomic mass is 10.1.